The normalized spacial score (nSPS) is 16.3. The van der Waals surface area contributed by atoms with Gasteiger partial charge in [-0.25, -0.2) is 13.1 Å². The number of anilines is 1. The molecule has 2 aliphatic rings. The molecule has 2 aromatic rings. The molecule has 2 aliphatic heterocycles. The van der Waals surface area contributed by atoms with Crippen molar-refractivity contribution in [2.75, 3.05) is 31.1 Å². The Morgan fingerprint density at radius 2 is 1.84 bits per heavy atom. The van der Waals surface area contributed by atoms with Crippen molar-refractivity contribution in [2.24, 2.45) is 0 Å². The molecule has 0 atom stereocenters. The third-order valence-electron chi connectivity index (χ3n) is 6.07. The summed E-state index contributed by atoms with van der Waals surface area (Å²) in [5, 5.41) is 0. The van der Waals surface area contributed by atoms with E-state index in [4.69, 9.17) is 0 Å². The Balaban J connectivity index is 1.37. The zero-order valence-corrected chi connectivity index (χ0v) is 20.1. The fourth-order valence-electron chi connectivity index (χ4n) is 4.38. The summed E-state index contributed by atoms with van der Waals surface area (Å²) in [5.74, 6) is 0.0143. The van der Waals surface area contributed by atoms with Crippen LogP contribution in [0, 0.1) is 0 Å². The van der Waals surface area contributed by atoms with Crippen molar-refractivity contribution >= 4 is 37.5 Å². The molecule has 4 rings (SSSR count). The molecule has 0 saturated heterocycles. The van der Waals surface area contributed by atoms with Gasteiger partial charge in [0.05, 0.1) is 4.90 Å². The van der Waals surface area contributed by atoms with E-state index >= 15 is 0 Å². The van der Waals surface area contributed by atoms with E-state index in [0.29, 0.717) is 29.7 Å². The molecule has 0 spiro atoms. The van der Waals surface area contributed by atoms with Crippen LogP contribution in [-0.4, -0.2) is 45.4 Å². The number of carbonyl (C=O) groups is 1. The zero-order chi connectivity index (χ0) is 22.0. The molecular formula is C23H28BrN3O3S. The minimum absolute atomic E-state index is 0.0143. The van der Waals surface area contributed by atoms with Gasteiger partial charge in [-0.1, -0.05) is 31.2 Å². The highest BCUT2D eigenvalue weighted by atomic mass is 79.9. The van der Waals surface area contributed by atoms with Crippen molar-refractivity contribution in [3.05, 3.63) is 57.6 Å². The maximum Gasteiger partial charge on any atom is 0.241 e. The first-order valence-corrected chi connectivity index (χ1v) is 13.1. The molecule has 8 heteroatoms. The van der Waals surface area contributed by atoms with Crippen LogP contribution in [0.3, 0.4) is 0 Å². The number of hydrogen-bond donors (Lipinski definition) is 1. The molecule has 0 saturated carbocycles. The van der Waals surface area contributed by atoms with Gasteiger partial charge in [-0.15, -0.1) is 0 Å². The van der Waals surface area contributed by atoms with Gasteiger partial charge in [0, 0.05) is 42.8 Å². The second-order valence-electron chi connectivity index (χ2n) is 8.11. The van der Waals surface area contributed by atoms with Crippen LogP contribution < -0.4 is 9.62 Å². The predicted molar refractivity (Wildman–Crippen MR) is 126 cm³/mol. The minimum Gasteiger partial charge on any atom is -0.312 e. The Hall–Kier alpha value is -1.74. The van der Waals surface area contributed by atoms with Gasteiger partial charge in [-0.3, -0.25) is 9.69 Å². The number of rotatable bonds is 7. The molecule has 6 nitrogen and oxygen atoms in total. The van der Waals surface area contributed by atoms with Crippen molar-refractivity contribution < 1.29 is 13.2 Å². The lowest BCUT2D eigenvalue weighted by Gasteiger charge is -2.28. The van der Waals surface area contributed by atoms with Crippen LogP contribution in [0.5, 0.6) is 0 Å². The number of nitrogens with one attached hydrogen (secondary N) is 1. The van der Waals surface area contributed by atoms with Gasteiger partial charge < -0.3 is 4.90 Å². The molecule has 0 aliphatic carbocycles. The average molecular weight is 506 g/mol. The highest BCUT2D eigenvalue weighted by Gasteiger charge is 2.28. The zero-order valence-electron chi connectivity index (χ0n) is 17.7. The fourth-order valence-corrected chi connectivity index (χ4v) is 6.56. The maximum absolute atomic E-state index is 13.0. The number of hydrogen-bond acceptors (Lipinski definition) is 4. The first-order chi connectivity index (χ1) is 14.9. The number of carbonyl (C=O) groups excluding carboxylic acids is 1. The van der Waals surface area contributed by atoms with E-state index in [-0.39, 0.29) is 10.8 Å². The topological polar surface area (TPSA) is 69.7 Å². The van der Waals surface area contributed by atoms with Crippen molar-refractivity contribution in [1.82, 2.24) is 9.62 Å². The summed E-state index contributed by atoms with van der Waals surface area (Å²) >= 11 is 3.42. The van der Waals surface area contributed by atoms with Crippen LogP contribution in [0.1, 0.15) is 36.5 Å². The lowest BCUT2D eigenvalue weighted by atomic mass is 10.00. The summed E-state index contributed by atoms with van der Waals surface area (Å²) in [4.78, 5) is 16.5. The molecule has 0 unspecified atom stereocenters. The number of fused-ring (bicyclic) bond motifs is 2. The third kappa shape index (κ3) is 4.87. The summed E-state index contributed by atoms with van der Waals surface area (Å²) in [6, 6.07) is 12.0. The van der Waals surface area contributed by atoms with E-state index < -0.39 is 10.0 Å². The fraction of sp³-hybridized carbons (Fsp3) is 0.435. The molecular weight excluding hydrogens is 478 g/mol. The quantitative estimate of drug-likeness (QED) is 0.584. The number of amides is 1. The summed E-state index contributed by atoms with van der Waals surface area (Å²) in [5.41, 5.74) is 4.49. The minimum atomic E-state index is -3.67. The number of nitrogens with zero attached hydrogens (tertiary/aromatic N) is 2. The smallest absolute Gasteiger partial charge is 0.241 e. The molecule has 2 aromatic carbocycles. The predicted octanol–water partition coefficient (Wildman–Crippen LogP) is 3.47. The van der Waals surface area contributed by atoms with E-state index in [1.165, 1.54) is 11.1 Å². The van der Waals surface area contributed by atoms with Crippen LogP contribution in [0.4, 0.5) is 5.69 Å². The van der Waals surface area contributed by atoms with E-state index in [2.05, 4.69) is 49.8 Å². The molecule has 166 valence electrons. The van der Waals surface area contributed by atoms with Crippen molar-refractivity contribution in [3.63, 3.8) is 0 Å². The molecule has 1 amide bonds. The van der Waals surface area contributed by atoms with Crippen molar-refractivity contribution in [2.45, 2.75) is 44.0 Å². The van der Waals surface area contributed by atoms with Crippen LogP contribution in [0.15, 0.2) is 45.8 Å². The largest absolute Gasteiger partial charge is 0.312 e. The Bertz CT molecular complexity index is 1090. The van der Waals surface area contributed by atoms with Gasteiger partial charge >= 0.3 is 0 Å². The van der Waals surface area contributed by atoms with E-state index in [1.54, 1.807) is 11.0 Å². The van der Waals surface area contributed by atoms with E-state index in [0.717, 1.165) is 44.5 Å². The molecule has 0 bridgehead atoms. The monoisotopic (exact) mass is 505 g/mol. The lowest BCUT2D eigenvalue weighted by Crippen LogP contribution is -2.34. The van der Waals surface area contributed by atoms with Crippen LogP contribution >= 0.6 is 15.9 Å². The van der Waals surface area contributed by atoms with Gasteiger partial charge in [-0.05, 0) is 70.6 Å². The Labute approximate surface area is 192 Å². The van der Waals surface area contributed by atoms with Gasteiger partial charge in [0.2, 0.25) is 15.9 Å². The first kappa shape index (κ1) is 22.5. The number of sulfonamides is 1. The van der Waals surface area contributed by atoms with E-state index in [1.807, 2.05) is 13.0 Å². The highest BCUT2D eigenvalue weighted by molar-refractivity contribution is 9.10. The molecule has 0 fully saturated rings. The van der Waals surface area contributed by atoms with Crippen molar-refractivity contribution in [3.8, 4) is 0 Å². The van der Waals surface area contributed by atoms with Gasteiger partial charge in [-0.2, -0.15) is 0 Å². The van der Waals surface area contributed by atoms with Crippen LogP contribution in [0.2, 0.25) is 0 Å². The van der Waals surface area contributed by atoms with Gasteiger partial charge in [0.1, 0.15) is 0 Å². The molecule has 1 N–H and O–H groups in total. The standard InChI is InChI=1S/C23H28BrN3O3S/c1-2-23(28)27-13-9-18-14-20(24)22(15-21(18)27)31(29,30)25-10-5-11-26-12-8-17-6-3-4-7-19(17)16-26/h3-4,6-7,14-15,25H,2,5,8-13,16H2,1H3. The lowest BCUT2D eigenvalue weighted by molar-refractivity contribution is -0.118. The van der Waals surface area contributed by atoms with Crippen molar-refractivity contribution in [1.29, 1.82) is 0 Å². The Morgan fingerprint density at radius 1 is 1.10 bits per heavy atom. The maximum atomic E-state index is 13.0. The second-order valence-corrected chi connectivity index (χ2v) is 10.7. The van der Waals surface area contributed by atoms with Gasteiger partial charge in [0.15, 0.2) is 0 Å². The summed E-state index contributed by atoms with van der Waals surface area (Å²) in [6.07, 6.45) is 2.92. The second kappa shape index (κ2) is 9.40. The van der Waals surface area contributed by atoms with Crippen LogP contribution in [-0.2, 0) is 34.2 Å². The number of halogens is 1. The Morgan fingerprint density at radius 3 is 2.61 bits per heavy atom. The number of benzene rings is 2. The summed E-state index contributed by atoms with van der Waals surface area (Å²) < 4.78 is 29.2. The summed E-state index contributed by atoms with van der Waals surface area (Å²) in [7, 11) is -3.67. The summed E-state index contributed by atoms with van der Waals surface area (Å²) in [6.45, 7) is 5.56. The average Bonchev–Trinajstić information content (AvgIpc) is 3.18. The third-order valence-corrected chi connectivity index (χ3v) is 8.49. The van der Waals surface area contributed by atoms with Crippen LogP contribution in [0.25, 0.3) is 0 Å². The first-order valence-electron chi connectivity index (χ1n) is 10.8. The molecule has 0 aromatic heterocycles. The van der Waals surface area contributed by atoms with Gasteiger partial charge in [0.25, 0.3) is 0 Å². The molecule has 31 heavy (non-hydrogen) atoms. The molecule has 2 heterocycles. The SMILES string of the molecule is CCC(=O)N1CCc2cc(Br)c(S(=O)(=O)NCCCN3CCc4ccccc4C3)cc21. The molecule has 0 radical (unpaired) electrons. The van der Waals surface area contributed by atoms with E-state index in [9.17, 15) is 13.2 Å². The Kier molecular flexibility index (Phi) is 6.81. The highest BCUT2D eigenvalue weighted by Crippen LogP contribution is 2.35.